The van der Waals surface area contributed by atoms with Gasteiger partial charge in [-0.25, -0.2) is 4.98 Å². The minimum atomic E-state index is -0.397. The van der Waals surface area contributed by atoms with Gasteiger partial charge in [-0.15, -0.1) is 0 Å². The third kappa shape index (κ3) is 2.93. The fraction of sp³-hybridized carbons (Fsp3) is 0. The summed E-state index contributed by atoms with van der Waals surface area (Å²) in [6.07, 6.45) is 8.97. The van der Waals surface area contributed by atoms with Crippen molar-refractivity contribution in [2.75, 3.05) is 0 Å². The first-order valence-corrected chi connectivity index (χ1v) is 6.66. The number of nitrogens with zero attached hydrogens (tertiary/aromatic N) is 2. The Hall–Kier alpha value is -3.21. The van der Waals surface area contributed by atoms with Crippen LogP contribution in [0.25, 0.3) is 23.1 Å². The molecule has 0 aliphatic carbocycles. The average Bonchev–Trinajstić information content (AvgIpc) is 3.04. The fourth-order valence-corrected chi connectivity index (χ4v) is 2.10. The number of benzene rings is 1. The van der Waals surface area contributed by atoms with E-state index >= 15 is 0 Å². The number of pyridine rings is 1. The Kier molecular flexibility index (Phi) is 3.78. The highest BCUT2D eigenvalue weighted by Gasteiger charge is 2.11. The van der Waals surface area contributed by atoms with Crippen LogP contribution in [0, 0.1) is 10.1 Å². The summed E-state index contributed by atoms with van der Waals surface area (Å²) in [6.45, 7) is 0. The maximum absolute atomic E-state index is 11.0. The minimum Gasteiger partial charge on any atom is -0.465 e. The van der Waals surface area contributed by atoms with Crippen LogP contribution in [0.4, 0.5) is 5.69 Å². The van der Waals surface area contributed by atoms with Crippen LogP contribution in [0.5, 0.6) is 0 Å². The number of allylic oxidation sites excluding steroid dienone is 2. The standard InChI is InChI=1S/C17H12N2O3/c20-19(21)17-9-3-8-16-15(17)11-10-13(18-16)5-1-2-6-14-7-4-12-22-14/h1-12H. The first kappa shape index (κ1) is 13.8. The summed E-state index contributed by atoms with van der Waals surface area (Å²) in [4.78, 5) is 15.0. The Balaban J connectivity index is 1.85. The number of furan rings is 1. The first-order valence-electron chi connectivity index (χ1n) is 6.66. The van der Waals surface area contributed by atoms with E-state index in [1.54, 1.807) is 30.5 Å². The third-order valence-electron chi connectivity index (χ3n) is 3.11. The zero-order chi connectivity index (χ0) is 15.4. The van der Waals surface area contributed by atoms with Crippen LogP contribution in [-0.2, 0) is 0 Å². The topological polar surface area (TPSA) is 69.2 Å². The van der Waals surface area contributed by atoms with Gasteiger partial charge in [-0.05, 0) is 42.5 Å². The van der Waals surface area contributed by atoms with E-state index in [9.17, 15) is 10.1 Å². The summed E-state index contributed by atoms with van der Waals surface area (Å²) >= 11 is 0. The summed E-state index contributed by atoms with van der Waals surface area (Å²) in [6, 6.07) is 12.0. The molecule has 2 heterocycles. The van der Waals surface area contributed by atoms with Gasteiger partial charge in [-0.2, -0.15) is 0 Å². The van der Waals surface area contributed by atoms with Crippen molar-refractivity contribution in [2.45, 2.75) is 0 Å². The van der Waals surface area contributed by atoms with Gasteiger partial charge >= 0.3 is 0 Å². The van der Waals surface area contributed by atoms with E-state index in [4.69, 9.17) is 4.42 Å². The molecule has 5 nitrogen and oxygen atoms in total. The second kappa shape index (κ2) is 6.05. The Labute approximate surface area is 126 Å². The Morgan fingerprint density at radius 1 is 1.05 bits per heavy atom. The van der Waals surface area contributed by atoms with E-state index in [-0.39, 0.29) is 5.69 Å². The summed E-state index contributed by atoms with van der Waals surface area (Å²) < 4.78 is 5.18. The number of aromatic nitrogens is 1. The molecule has 2 aromatic heterocycles. The lowest BCUT2D eigenvalue weighted by Crippen LogP contribution is -1.91. The molecule has 1 aromatic carbocycles. The van der Waals surface area contributed by atoms with E-state index in [0.29, 0.717) is 10.9 Å². The van der Waals surface area contributed by atoms with E-state index in [1.807, 2.05) is 36.4 Å². The number of rotatable bonds is 4. The van der Waals surface area contributed by atoms with Crippen molar-refractivity contribution in [1.29, 1.82) is 0 Å². The second-order valence-electron chi connectivity index (χ2n) is 4.57. The van der Waals surface area contributed by atoms with Gasteiger partial charge in [0.05, 0.1) is 27.8 Å². The molecule has 0 spiro atoms. The van der Waals surface area contributed by atoms with Crippen LogP contribution >= 0.6 is 0 Å². The highest BCUT2D eigenvalue weighted by atomic mass is 16.6. The molecule has 0 saturated heterocycles. The van der Waals surface area contributed by atoms with E-state index < -0.39 is 4.92 Å². The number of fused-ring (bicyclic) bond motifs is 1. The summed E-state index contributed by atoms with van der Waals surface area (Å²) in [5, 5.41) is 11.5. The molecule has 0 N–H and O–H groups in total. The van der Waals surface area contributed by atoms with Crippen molar-refractivity contribution in [3.05, 3.63) is 82.4 Å². The van der Waals surface area contributed by atoms with Gasteiger partial charge in [0, 0.05) is 6.07 Å². The summed E-state index contributed by atoms with van der Waals surface area (Å²) in [5.41, 5.74) is 1.40. The molecule has 0 radical (unpaired) electrons. The van der Waals surface area contributed by atoms with Crippen molar-refractivity contribution in [2.24, 2.45) is 0 Å². The highest BCUT2D eigenvalue weighted by Crippen LogP contribution is 2.24. The van der Waals surface area contributed by atoms with Crippen molar-refractivity contribution in [3.8, 4) is 0 Å². The van der Waals surface area contributed by atoms with E-state index in [2.05, 4.69) is 4.98 Å². The van der Waals surface area contributed by atoms with Crippen LogP contribution < -0.4 is 0 Å². The number of non-ortho nitro benzene ring substituents is 1. The molecular formula is C17H12N2O3. The van der Waals surface area contributed by atoms with Crippen LogP contribution in [0.1, 0.15) is 11.5 Å². The predicted molar refractivity (Wildman–Crippen MR) is 85.2 cm³/mol. The lowest BCUT2D eigenvalue weighted by atomic mass is 10.1. The first-order chi connectivity index (χ1) is 10.7. The molecular weight excluding hydrogens is 280 g/mol. The maximum Gasteiger partial charge on any atom is 0.278 e. The lowest BCUT2D eigenvalue weighted by Gasteiger charge is -1.99. The van der Waals surface area contributed by atoms with E-state index in [1.165, 1.54) is 6.07 Å². The quantitative estimate of drug-likeness (QED) is 0.404. The molecule has 0 unspecified atom stereocenters. The minimum absolute atomic E-state index is 0.0678. The van der Waals surface area contributed by atoms with Gasteiger partial charge in [-0.1, -0.05) is 18.2 Å². The van der Waals surface area contributed by atoms with Crippen molar-refractivity contribution in [3.63, 3.8) is 0 Å². The zero-order valence-corrected chi connectivity index (χ0v) is 11.5. The number of nitro groups is 1. The van der Waals surface area contributed by atoms with Crippen molar-refractivity contribution >= 4 is 28.7 Å². The third-order valence-corrected chi connectivity index (χ3v) is 3.11. The molecule has 0 fully saturated rings. The Morgan fingerprint density at radius 3 is 2.68 bits per heavy atom. The largest absolute Gasteiger partial charge is 0.465 e. The molecule has 0 amide bonds. The van der Waals surface area contributed by atoms with Crippen LogP contribution in [0.15, 0.2) is 65.3 Å². The normalized spacial score (nSPS) is 11.6. The molecule has 108 valence electrons. The van der Waals surface area contributed by atoms with Gasteiger partial charge < -0.3 is 4.42 Å². The Bertz CT molecular complexity index is 865. The van der Waals surface area contributed by atoms with Gasteiger partial charge in [0.15, 0.2) is 0 Å². The molecule has 0 aliphatic rings. The van der Waals surface area contributed by atoms with Gasteiger partial charge in [0.25, 0.3) is 5.69 Å². The van der Waals surface area contributed by atoms with Crippen LogP contribution in [-0.4, -0.2) is 9.91 Å². The molecule has 5 heteroatoms. The van der Waals surface area contributed by atoms with E-state index in [0.717, 1.165) is 11.5 Å². The fourth-order valence-electron chi connectivity index (χ4n) is 2.10. The second-order valence-corrected chi connectivity index (χ2v) is 4.57. The molecule has 0 aliphatic heterocycles. The van der Waals surface area contributed by atoms with Gasteiger partial charge in [0.2, 0.25) is 0 Å². The predicted octanol–water partition coefficient (Wildman–Crippen LogP) is 4.46. The summed E-state index contributed by atoms with van der Waals surface area (Å²) in [7, 11) is 0. The molecule has 0 saturated carbocycles. The van der Waals surface area contributed by atoms with Crippen molar-refractivity contribution in [1.82, 2.24) is 4.98 Å². The highest BCUT2D eigenvalue weighted by molar-refractivity contribution is 5.88. The SMILES string of the molecule is O=[N+]([O-])c1cccc2nc(C=CC=Cc3ccco3)ccc12. The van der Waals surface area contributed by atoms with Gasteiger partial charge in [0.1, 0.15) is 5.76 Å². The molecule has 3 rings (SSSR count). The van der Waals surface area contributed by atoms with Crippen LogP contribution in [0.3, 0.4) is 0 Å². The zero-order valence-electron chi connectivity index (χ0n) is 11.5. The smallest absolute Gasteiger partial charge is 0.278 e. The van der Waals surface area contributed by atoms with Crippen LogP contribution in [0.2, 0.25) is 0 Å². The number of hydrogen-bond acceptors (Lipinski definition) is 4. The molecule has 3 aromatic rings. The van der Waals surface area contributed by atoms with Gasteiger partial charge in [-0.3, -0.25) is 10.1 Å². The maximum atomic E-state index is 11.0. The average molecular weight is 292 g/mol. The lowest BCUT2D eigenvalue weighted by molar-refractivity contribution is -0.383. The number of hydrogen-bond donors (Lipinski definition) is 0. The van der Waals surface area contributed by atoms with Crippen molar-refractivity contribution < 1.29 is 9.34 Å². The summed E-state index contributed by atoms with van der Waals surface area (Å²) in [5.74, 6) is 0.770. The molecule has 22 heavy (non-hydrogen) atoms. The molecule has 0 bridgehead atoms. The molecule has 0 atom stereocenters. The number of nitro benzene ring substituents is 1. The monoisotopic (exact) mass is 292 g/mol. The Morgan fingerprint density at radius 2 is 1.91 bits per heavy atom.